The van der Waals surface area contributed by atoms with E-state index in [2.05, 4.69) is 31.2 Å². The molecule has 5 heteroatoms. The Morgan fingerprint density at radius 3 is 2.46 bits per heavy atom. The van der Waals surface area contributed by atoms with Crippen LogP contribution in [0.25, 0.3) is 10.8 Å². The van der Waals surface area contributed by atoms with Crippen LogP contribution in [-0.4, -0.2) is 15.7 Å². The summed E-state index contributed by atoms with van der Waals surface area (Å²) in [6, 6.07) is 15.0. The van der Waals surface area contributed by atoms with Gasteiger partial charge in [0.05, 0.1) is 5.39 Å². The molecule has 1 heterocycles. The van der Waals surface area contributed by atoms with Crippen LogP contribution in [0.1, 0.15) is 62.0 Å². The number of carbonyl (C=O) groups excluding carboxylic acids is 1. The minimum atomic E-state index is -0.294. The zero-order valence-electron chi connectivity index (χ0n) is 16.7. The van der Waals surface area contributed by atoms with Crippen molar-refractivity contribution in [2.45, 2.75) is 52.5 Å². The standard InChI is InChI=1S/C23H27N3O2/c1-4-6-15-26-23(28)19-13-8-7-12-18(19)21(25-26)22(27)24-20-14-10-9-11-17(20)16(3)5-2/h7-14,16H,4-6,15H2,1-3H3,(H,24,27)/t16-/m1/s1. The van der Waals surface area contributed by atoms with Crippen molar-refractivity contribution in [2.24, 2.45) is 0 Å². The molecule has 2 aromatic carbocycles. The Balaban J connectivity index is 2.05. The summed E-state index contributed by atoms with van der Waals surface area (Å²) in [5, 5.41) is 8.55. The van der Waals surface area contributed by atoms with E-state index in [-0.39, 0.29) is 17.2 Å². The van der Waals surface area contributed by atoms with Crippen LogP contribution in [0.4, 0.5) is 5.69 Å². The monoisotopic (exact) mass is 377 g/mol. The number of fused-ring (bicyclic) bond motifs is 1. The summed E-state index contributed by atoms with van der Waals surface area (Å²) >= 11 is 0. The largest absolute Gasteiger partial charge is 0.320 e. The van der Waals surface area contributed by atoms with Crippen LogP contribution in [0.3, 0.4) is 0 Å². The predicted octanol–water partition coefficient (Wildman–Crippen LogP) is 4.96. The van der Waals surface area contributed by atoms with Gasteiger partial charge in [-0.3, -0.25) is 9.59 Å². The van der Waals surface area contributed by atoms with Gasteiger partial charge in [-0.1, -0.05) is 63.6 Å². The molecule has 0 bridgehead atoms. The summed E-state index contributed by atoms with van der Waals surface area (Å²) in [6.07, 6.45) is 2.77. The number of carbonyl (C=O) groups is 1. The van der Waals surface area contributed by atoms with Gasteiger partial charge in [0, 0.05) is 17.6 Å². The number of para-hydroxylation sites is 1. The molecule has 0 spiro atoms. The molecule has 5 nitrogen and oxygen atoms in total. The third kappa shape index (κ3) is 3.98. The Hall–Kier alpha value is -2.95. The molecule has 1 aromatic heterocycles. The fourth-order valence-electron chi connectivity index (χ4n) is 3.30. The van der Waals surface area contributed by atoms with E-state index in [4.69, 9.17) is 0 Å². The van der Waals surface area contributed by atoms with E-state index in [1.54, 1.807) is 12.1 Å². The highest BCUT2D eigenvalue weighted by Crippen LogP contribution is 2.27. The Kier molecular flexibility index (Phi) is 6.24. The second-order valence-electron chi connectivity index (χ2n) is 7.13. The molecule has 0 saturated heterocycles. The number of amides is 1. The molecule has 0 saturated carbocycles. The number of benzene rings is 2. The number of rotatable bonds is 7. The van der Waals surface area contributed by atoms with Crippen LogP contribution in [0.15, 0.2) is 53.3 Å². The van der Waals surface area contributed by atoms with Gasteiger partial charge in [-0.05, 0) is 36.5 Å². The van der Waals surface area contributed by atoms with Crippen molar-refractivity contribution in [1.82, 2.24) is 9.78 Å². The molecule has 0 aliphatic rings. The topological polar surface area (TPSA) is 64.0 Å². The van der Waals surface area contributed by atoms with Crippen molar-refractivity contribution in [3.8, 4) is 0 Å². The molecule has 0 radical (unpaired) electrons. The third-order valence-electron chi connectivity index (χ3n) is 5.16. The first kappa shape index (κ1) is 19.8. The highest BCUT2D eigenvalue weighted by atomic mass is 16.2. The van der Waals surface area contributed by atoms with Gasteiger partial charge in [0.25, 0.3) is 11.5 Å². The van der Waals surface area contributed by atoms with Crippen molar-refractivity contribution in [2.75, 3.05) is 5.32 Å². The van der Waals surface area contributed by atoms with Gasteiger partial charge >= 0.3 is 0 Å². The number of aryl methyl sites for hydroxylation is 1. The molecule has 0 aliphatic carbocycles. The number of anilines is 1. The van der Waals surface area contributed by atoms with E-state index in [9.17, 15) is 9.59 Å². The van der Waals surface area contributed by atoms with E-state index in [1.807, 2.05) is 36.4 Å². The average Bonchev–Trinajstić information content (AvgIpc) is 2.73. The van der Waals surface area contributed by atoms with Gasteiger partial charge in [-0.25, -0.2) is 4.68 Å². The van der Waals surface area contributed by atoms with Gasteiger partial charge < -0.3 is 5.32 Å². The summed E-state index contributed by atoms with van der Waals surface area (Å²) < 4.78 is 1.42. The molecule has 28 heavy (non-hydrogen) atoms. The molecular weight excluding hydrogens is 350 g/mol. The summed E-state index contributed by atoms with van der Waals surface area (Å²) in [4.78, 5) is 25.9. The molecule has 1 amide bonds. The van der Waals surface area contributed by atoms with E-state index in [0.29, 0.717) is 23.2 Å². The fourth-order valence-corrected chi connectivity index (χ4v) is 3.30. The second kappa shape index (κ2) is 8.83. The molecule has 3 rings (SSSR count). The first-order valence-corrected chi connectivity index (χ1v) is 9.96. The van der Waals surface area contributed by atoms with Crippen molar-refractivity contribution < 1.29 is 4.79 Å². The molecule has 0 unspecified atom stereocenters. The number of unbranched alkanes of at least 4 members (excludes halogenated alkanes) is 1. The summed E-state index contributed by atoms with van der Waals surface area (Å²) in [7, 11) is 0. The van der Waals surface area contributed by atoms with Crippen molar-refractivity contribution in [3.05, 3.63) is 70.1 Å². The lowest BCUT2D eigenvalue weighted by atomic mass is 9.97. The Bertz CT molecular complexity index is 1040. The third-order valence-corrected chi connectivity index (χ3v) is 5.16. The molecule has 1 N–H and O–H groups in total. The highest BCUT2D eigenvalue weighted by Gasteiger charge is 2.18. The summed E-state index contributed by atoms with van der Waals surface area (Å²) in [6.45, 7) is 6.83. The van der Waals surface area contributed by atoms with Gasteiger partial charge in [-0.2, -0.15) is 5.10 Å². The minimum Gasteiger partial charge on any atom is -0.320 e. The maximum Gasteiger partial charge on any atom is 0.276 e. The van der Waals surface area contributed by atoms with Gasteiger partial charge in [0.1, 0.15) is 0 Å². The Morgan fingerprint density at radius 1 is 1.07 bits per heavy atom. The van der Waals surface area contributed by atoms with E-state index >= 15 is 0 Å². The second-order valence-corrected chi connectivity index (χ2v) is 7.13. The van der Waals surface area contributed by atoms with Crippen LogP contribution in [0, 0.1) is 0 Å². The summed E-state index contributed by atoms with van der Waals surface area (Å²) in [5.74, 6) is 0.0388. The maximum atomic E-state index is 13.1. The first-order chi connectivity index (χ1) is 13.6. The number of hydrogen-bond acceptors (Lipinski definition) is 3. The molecular formula is C23H27N3O2. The van der Waals surface area contributed by atoms with Crippen molar-refractivity contribution in [3.63, 3.8) is 0 Å². The fraction of sp³-hybridized carbons (Fsp3) is 0.348. The lowest BCUT2D eigenvalue weighted by molar-refractivity contribution is 0.102. The smallest absolute Gasteiger partial charge is 0.276 e. The van der Waals surface area contributed by atoms with Gasteiger partial charge in [0.2, 0.25) is 0 Å². The first-order valence-electron chi connectivity index (χ1n) is 9.96. The van der Waals surface area contributed by atoms with Gasteiger partial charge in [0.15, 0.2) is 5.69 Å². The van der Waals surface area contributed by atoms with Crippen LogP contribution in [0.5, 0.6) is 0 Å². The van der Waals surface area contributed by atoms with E-state index in [0.717, 1.165) is 30.5 Å². The quantitative estimate of drug-likeness (QED) is 0.633. The number of aromatic nitrogens is 2. The highest BCUT2D eigenvalue weighted by molar-refractivity contribution is 6.11. The lowest BCUT2D eigenvalue weighted by Crippen LogP contribution is -2.28. The zero-order chi connectivity index (χ0) is 20.1. The molecule has 0 aliphatic heterocycles. The molecule has 0 fully saturated rings. The van der Waals surface area contributed by atoms with Crippen molar-refractivity contribution in [1.29, 1.82) is 0 Å². The van der Waals surface area contributed by atoms with E-state index in [1.165, 1.54) is 4.68 Å². The van der Waals surface area contributed by atoms with Gasteiger partial charge in [-0.15, -0.1) is 0 Å². The normalized spacial score (nSPS) is 12.1. The zero-order valence-corrected chi connectivity index (χ0v) is 16.7. The lowest BCUT2D eigenvalue weighted by Gasteiger charge is -2.16. The average molecular weight is 377 g/mol. The number of nitrogens with one attached hydrogen (secondary N) is 1. The van der Waals surface area contributed by atoms with Crippen LogP contribution in [0.2, 0.25) is 0 Å². The van der Waals surface area contributed by atoms with Crippen LogP contribution in [-0.2, 0) is 6.54 Å². The maximum absolute atomic E-state index is 13.1. The minimum absolute atomic E-state index is 0.152. The van der Waals surface area contributed by atoms with Crippen LogP contribution >= 0.6 is 0 Å². The Labute approximate surface area is 165 Å². The molecule has 1 atom stereocenters. The van der Waals surface area contributed by atoms with Crippen molar-refractivity contribution >= 4 is 22.4 Å². The van der Waals surface area contributed by atoms with E-state index < -0.39 is 0 Å². The number of hydrogen-bond donors (Lipinski definition) is 1. The van der Waals surface area contributed by atoms with Crippen LogP contribution < -0.4 is 10.9 Å². The Morgan fingerprint density at radius 2 is 1.75 bits per heavy atom. The SMILES string of the molecule is CCCCn1nc(C(=O)Nc2ccccc2[C@H](C)CC)c2ccccc2c1=O. The molecule has 3 aromatic rings. The number of nitrogens with zero attached hydrogens (tertiary/aromatic N) is 2. The summed E-state index contributed by atoms with van der Waals surface area (Å²) in [5.41, 5.74) is 2.02. The molecule has 146 valence electrons. The predicted molar refractivity (Wildman–Crippen MR) is 114 cm³/mol.